The molecule has 138 valence electrons. The molecule has 0 aliphatic carbocycles. The van der Waals surface area contributed by atoms with E-state index in [1.807, 2.05) is 0 Å². The third kappa shape index (κ3) is 5.22. The standard InChI is InChI=1S/C16H21N3O4S.ClH/c1-21-12-7-14(23-3)13(22-2)6-10(12)8-18-16(20)11-9-24-15(19-11)4-5-17;/h6-7,9H,4-5,8,17H2,1-3H3,(H,18,20);1H. The largest absolute Gasteiger partial charge is 0.496 e. The van der Waals surface area contributed by atoms with Crippen LogP contribution in [-0.4, -0.2) is 38.8 Å². The van der Waals surface area contributed by atoms with Gasteiger partial charge in [0.25, 0.3) is 5.91 Å². The SMILES string of the molecule is COc1cc(OC)c(OC)cc1CNC(=O)c1csc(CCN)n1.Cl. The molecule has 0 aliphatic rings. The molecule has 1 amide bonds. The van der Waals surface area contributed by atoms with Crippen molar-refractivity contribution >= 4 is 29.7 Å². The van der Waals surface area contributed by atoms with E-state index >= 15 is 0 Å². The zero-order chi connectivity index (χ0) is 17.5. The molecule has 0 radical (unpaired) electrons. The van der Waals surface area contributed by atoms with Gasteiger partial charge in [0.05, 0.1) is 26.3 Å². The number of carbonyl (C=O) groups excluding carboxylic acids is 1. The zero-order valence-corrected chi connectivity index (χ0v) is 16.0. The van der Waals surface area contributed by atoms with Crippen LogP contribution in [0.15, 0.2) is 17.5 Å². The number of hydrogen-bond donors (Lipinski definition) is 2. The topological polar surface area (TPSA) is 95.7 Å². The molecule has 0 aliphatic heterocycles. The molecule has 1 aromatic heterocycles. The molecule has 2 rings (SSSR count). The fraction of sp³-hybridized carbons (Fsp3) is 0.375. The van der Waals surface area contributed by atoms with Crippen LogP contribution in [0.3, 0.4) is 0 Å². The number of ether oxygens (including phenoxy) is 3. The predicted molar refractivity (Wildman–Crippen MR) is 99.4 cm³/mol. The average Bonchev–Trinajstić information content (AvgIpc) is 3.07. The van der Waals surface area contributed by atoms with E-state index in [9.17, 15) is 4.79 Å². The molecule has 3 N–H and O–H groups in total. The number of rotatable bonds is 8. The smallest absolute Gasteiger partial charge is 0.271 e. The first-order chi connectivity index (χ1) is 11.6. The number of benzene rings is 1. The first kappa shape index (κ1) is 21.0. The van der Waals surface area contributed by atoms with Gasteiger partial charge in [0.2, 0.25) is 0 Å². The summed E-state index contributed by atoms with van der Waals surface area (Å²) in [5.74, 6) is 1.50. The van der Waals surface area contributed by atoms with E-state index in [-0.39, 0.29) is 24.9 Å². The highest BCUT2D eigenvalue weighted by Crippen LogP contribution is 2.34. The number of nitrogens with one attached hydrogen (secondary N) is 1. The van der Waals surface area contributed by atoms with Gasteiger partial charge in [-0.15, -0.1) is 23.7 Å². The van der Waals surface area contributed by atoms with Crippen LogP contribution >= 0.6 is 23.7 Å². The Labute approximate surface area is 156 Å². The lowest BCUT2D eigenvalue weighted by Crippen LogP contribution is -2.23. The molecule has 0 bridgehead atoms. The molecular weight excluding hydrogens is 366 g/mol. The third-order valence-corrected chi connectivity index (χ3v) is 4.28. The highest BCUT2D eigenvalue weighted by molar-refractivity contribution is 7.09. The summed E-state index contributed by atoms with van der Waals surface area (Å²) in [4.78, 5) is 16.5. The quantitative estimate of drug-likeness (QED) is 0.719. The van der Waals surface area contributed by atoms with Crippen molar-refractivity contribution < 1.29 is 19.0 Å². The highest BCUT2D eigenvalue weighted by Gasteiger charge is 2.14. The van der Waals surface area contributed by atoms with Gasteiger partial charge in [0.1, 0.15) is 11.4 Å². The Morgan fingerprint density at radius 2 is 1.80 bits per heavy atom. The van der Waals surface area contributed by atoms with Crippen LogP contribution in [0, 0.1) is 0 Å². The molecule has 1 heterocycles. The Bertz CT molecular complexity index is 709. The lowest BCUT2D eigenvalue weighted by Gasteiger charge is -2.14. The Morgan fingerprint density at radius 1 is 1.16 bits per heavy atom. The van der Waals surface area contributed by atoms with Crippen molar-refractivity contribution in [1.82, 2.24) is 10.3 Å². The minimum Gasteiger partial charge on any atom is -0.496 e. The fourth-order valence-corrected chi connectivity index (χ4v) is 2.94. The minimum atomic E-state index is -0.244. The number of aromatic nitrogens is 1. The van der Waals surface area contributed by atoms with Gasteiger partial charge in [-0.3, -0.25) is 4.79 Å². The number of amides is 1. The van der Waals surface area contributed by atoms with Gasteiger partial charge in [-0.1, -0.05) is 0 Å². The van der Waals surface area contributed by atoms with Gasteiger partial charge in [0, 0.05) is 30.0 Å². The molecule has 9 heteroatoms. The molecule has 7 nitrogen and oxygen atoms in total. The first-order valence-electron chi connectivity index (χ1n) is 7.34. The van der Waals surface area contributed by atoms with Crippen LogP contribution < -0.4 is 25.3 Å². The van der Waals surface area contributed by atoms with Gasteiger partial charge < -0.3 is 25.3 Å². The summed E-state index contributed by atoms with van der Waals surface area (Å²) < 4.78 is 15.9. The average molecular weight is 388 g/mol. The summed E-state index contributed by atoms with van der Waals surface area (Å²) in [7, 11) is 4.67. The lowest BCUT2D eigenvalue weighted by molar-refractivity contribution is 0.0946. The lowest BCUT2D eigenvalue weighted by atomic mass is 10.1. The fourth-order valence-electron chi connectivity index (χ4n) is 2.15. The van der Waals surface area contributed by atoms with Crippen molar-refractivity contribution in [2.75, 3.05) is 27.9 Å². The Hall–Kier alpha value is -2.03. The Kier molecular flexibility index (Phi) is 8.47. The summed E-state index contributed by atoms with van der Waals surface area (Å²) in [6.45, 7) is 0.795. The monoisotopic (exact) mass is 387 g/mol. The second-order valence-electron chi connectivity index (χ2n) is 4.87. The molecule has 0 fully saturated rings. The molecule has 0 atom stereocenters. The second-order valence-corrected chi connectivity index (χ2v) is 5.81. The number of nitrogens with two attached hydrogens (primary N) is 1. The second kappa shape index (κ2) is 10.1. The summed E-state index contributed by atoms with van der Waals surface area (Å²) in [6, 6.07) is 3.50. The number of halogens is 1. The Balaban J connectivity index is 0.00000312. The first-order valence-corrected chi connectivity index (χ1v) is 8.22. The maximum Gasteiger partial charge on any atom is 0.271 e. The van der Waals surface area contributed by atoms with E-state index in [2.05, 4.69) is 10.3 Å². The molecular formula is C16H22ClN3O4S. The van der Waals surface area contributed by atoms with Crippen LogP contribution in [0.2, 0.25) is 0 Å². The van der Waals surface area contributed by atoms with Crippen molar-refractivity contribution in [2.24, 2.45) is 5.73 Å². The molecule has 0 saturated heterocycles. The van der Waals surface area contributed by atoms with Crippen LogP contribution in [0.1, 0.15) is 21.1 Å². The number of hydrogen-bond acceptors (Lipinski definition) is 7. The number of carbonyl (C=O) groups is 1. The molecule has 0 saturated carbocycles. The van der Waals surface area contributed by atoms with Crippen molar-refractivity contribution in [3.63, 3.8) is 0 Å². The van der Waals surface area contributed by atoms with Gasteiger partial charge in [-0.2, -0.15) is 0 Å². The van der Waals surface area contributed by atoms with E-state index in [0.717, 1.165) is 10.6 Å². The van der Waals surface area contributed by atoms with Crippen molar-refractivity contribution in [3.05, 3.63) is 33.8 Å². The van der Waals surface area contributed by atoms with E-state index in [1.165, 1.54) is 11.3 Å². The van der Waals surface area contributed by atoms with Crippen molar-refractivity contribution in [3.8, 4) is 17.2 Å². The number of thiazole rings is 1. The molecule has 2 aromatic rings. The highest BCUT2D eigenvalue weighted by atomic mass is 35.5. The number of methoxy groups -OCH3 is 3. The van der Waals surface area contributed by atoms with Crippen LogP contribution in [-0.2, 0) is 13.0 Å². The van der Waals surface area contributed by atoms with Crippen LogP contribution in [0.25, 0.3) is 0 Å². The molecule has 0 unspecified atom stereocenters. The predicted octanol–water partition coefficient (Wildman–Crippen LogP) is 2.02. The Morgan fingerprint density at radius 3 is 2.40 bits per heavy atom. The molecule has 1 aromatic carbocycles. The third-order valence-electron chi connectivity index (χ3n) is 3.37. The zero-order valence-electron chi connectivity index (χ0n) is 14.3. The van der Waals surface area contributed by atoms with E-state index in [0.29, 0.717) is 35.9 Å². The van der Waals surface area contributed by atoms with Gasteiger partial charge >= 0.3 is 0 Å². The number of nitrogens with zero attached hydrogens (tertiary/aromatic N) is 1. The summed E-state index contributed by atoms with van der Waals surface area (Å²) in [5, 5.41) is 5.41. The summed E-state index contributed by atoms with van der Waals surface area (Å²) in [5.41, 5.74) is 6.66. The van der Waals surface area contributed by atoms with E-state index < -0.39 is 0 Å². The van der Waals surface area contributed by atoms with E-state index in [1.54, 1.807) is 38.8 Å². The maximum atomic E-state index is 12.2. The maximum absolute atomic E-state index is 12.2. The van der Waals surface area contributed by atoms with Gasteiger partial charge in [0.15, 0.2) is 11.5 Å². The van der Waals surface area contributed by atoms with Crippen molar-refractivity contribution in [2.45, 2.75) is 13.0 Å². The van der Waals surface area contributed by atoms with Gasteiger partial charge in [-0.05, 0) is 12.6 Å². The summed E-state index contributed by atoms with van der Waals surface area (Å²) in [6.07, 6.45) is 0.668. The molecule has 0 spiro atoms. The van der Waals surface area contributed by atoms with Gasteiger partial charge in [-0.25, -0.2) is 4.98 Å². The van der Waals surface area contributed by atoms with Crippen LogP contribution in [0.5, 0.6) is 17.2 Å². The minimum absolute atomic E-state index is 0. The van der Waals surface area contributed by atoms with E-state index in [4.69, 9.17) is 19.9 Å². The summed E-state index contributed by atoms with van der Waals surface area (Å²) >= 11 is 1.43. The molecule has 25 heavy (non-hydrogen) atoms. The normalized spacial score (nSPS) is 9.92. The van der Waals surface area contributed by atoms with Crippen LogP contribution in [0.4, 0.5) is 0 Å². The van der Waals surface area contributed by atoms with Crippen molar-refractivity contribution in [1.29, 1.82) is 0 Å².